The number of methoxy groups -OCH3 is 1. The van der Waals surface area contributed by atoms with Crippen molar-refractivity contribution in [1.82, 2.24) is 14.4 Å². The Bertz CT molecular complexity index is 599. The van der Waals surface area contributed by atoms with Gasteiger partial charge in [-0.25, -0.2) is 0 Å². The van der Waals surface area contributed by atoms with Crippen LogP contribution in [-0.2, 0) is 6.54 Å². The Morgan fingerprint density at radius 1 is 1.14 bits per heavy atom. The average molecular weight is 287 g/mol. The summed E-state index contributed by atoms with van der Waals surface area (Å²) in [4.78, 5) is 5.00. The number of ether oxygens (including phenoxy) is 1. The Kier molecular flexibility index (Phi) is 4.17. The first kappa shape index (κ1) is 14.4. The molecule has 114 valence electrons. The van der Waals surface area contributed by atoms with Crippen LogP contribution in [0.1, 0.15) is 6.92 Å². The molecule has 21 heavy (non-hydrogen) atoms. The van der Waals surface area contributed by atoms with Gasteiger partial charge in [0, 0.05) is 55.9 Å². The van der Waals surface area contributed by atoms with E-state index in [4.69, 9.17) is 4.74 Å². The van der Waals surface area contributed by atoms with Crippen LogP contribution in [-0.4, -0.2) is 60.7 Å². The Hall–Kier alpha value is -1.52. The molecule has 3 rings (SSSR count). The van der Waals surface area contributed by atoms with Crippen LogP contribution in [0.15, 0.2) is 30.5 Å². The molecule has 0 radical (unpaired) electrons. The number of likely N-dealkylation sites (N-methyl/N-ethyl adjacent to an activating group) is 1. The first-order valence-corrected chi connectivity index (χ1v) is 7.73. The molecule has 1 aromatic heterocycles. The van der Waals surface area contributed by atoms with Crippen LogP contribution >= 0.6 is 0 Å². The summed E-state index contributed by atoms with van der Waals surface area (Å²) in [5.74, 6) is 0.923. The van der Waals surface area contributed by atoms with Crippen LogP contribution in [0.2, 0.25) is 0 Å². The monoisotopic (exact) mass is 287 g/mol. The molecule has 1 aliphatic heterocycles. The first-order valence-electron chi connectivity index (χ1n) is 7.73. The highest BCUT2D eigenvalue weighted by molar-refractivity contribution is 5.81. The van der Waals surface area contributed by atoms with E-state index in [1.54, 1.807) is 7.11 Å². The minimum atomic E-state index is 0.566. The summed E-state index contributed by atoms with van der Waals surface area (Å²) in [7, 11) is 3.92. The number of hydrogen-bond acceptors (Lipinski definition) is 3. The van der Waals surface area contributed by atoms with Crippen LogP contribution < -0.4 is 4.74 Å². The standard InChI is InChI=1S/C17H25N3O/c1-14(19-10-8-18(2)9-11-19)13-20-7-6-15-12-16(21-3)4-5-17(15)20/h4-7,12,14H,8-11,13H2,1-3H3/t14-/m1/s1. The highest BCUT2D eigenvalue weighted by atomic mass is 16.5. The maximum absolute atomic E-state index is 5.30. The van der Waals surface area contributed by atoms with Gasteiger partial charge in [-0.15, -0.1) is 0 Å². The van der Waals surface area contributed by atoms with E-state index in [0.29, 0.717) is 6.04 Å². The second kappa shape index (κ2) is 6.08. The van der Waals surface area contributed by atoms with E-state index in [0.717, 1.165) is 12.3 Å². The maximum Gasteiger partial charge on any atom is 0.119 e. The average Bonchev–Trinajstić information content (AvgIpc) is 2.90. The van der Waals surface area contributed by atoms with Crippen molar-refractivity contribution < 1.29 is 4.74 Å². The lowest BCUT2D eigenvalue weighted by Crippen LogP contribution is -2.49. The molecular weight excluding hydrogens is 262 g/mol. The van der Waals surface area contributed by atoms with Crippen molar-refractivity contribution in [2.75, 3.05) is 40.3 Å². The van der Waals surface area contributed by atoms with Crippen molar-refractivity contribution >= 4 is 10.9 Å². The Morgan fingerprint density at radius 3 is 2.62 bits per heavy atom. The predicted molar refractivity (Wildman–Crippen MR) is 87.0 cm³/mol. The van der Waals surface area contributed by atoms with Crippen molar-refractivity contribution in [2.24, 2.45) is 0 Å². The van der Waals surface area contributed by atoms with Crippen LogP contribution in [0.25, 0.3) is 10.9 Å². The van der Waals surface area contributed by atoms with Gasteiger partial charge in [0.25, 0.3) is 0 Å². The predicted octanol–water partition coefficient (Wildman–Crippen LogP) is 2.29. The lowest BCUT2D eigenvalue weighted by atomic mass is 10.2. The second-order valence-corrected chi connectivity index (χ2v) is 6.08. The van der Waals surface area contributed by atoms with Crippen LogP contribution in [0.3, 0.4) is 0 Å². The van der Waals surface area contributed by atoms with Crippen molar-refractivity contribution in [3.05, 3.63) is 30.5 Å². The number of aromatic nitrogens is 1. The molecule has 0 N–H and O–H groups in total. The van der Waals surface area contributed by atoms with Crippen LogP contribution in [0.4, 0.5) is 0 Å². The molecule has 2 heterocycles. The van der Waals surface area contributed by atoms with Crippen LogP contribution in [0.5, 0.6) is 5.75 Å². The van der Waals surface area contributed by atoms with Crippen molar-refractivity contribution in [3.63, 3.8) is 0 Å². The zero-order chi connectivity index (χ0) is 14.8. The molecule has 4 heteroatoms. The van der Waals surface area contributed by atoms with Gasteiger partial charge in [-0.2, -0.15) is 0 Å². The van der Waals surface area contributed by atoms with Gasteiger partial charge in [0.05, 0.1) is 7.11 Å². The molecule has 1 aromatic carbocycles. The van der Waals surface area contributed by atoms with Gasteiger partial charge >= 0.3 is 0 Å². The molecule has 1 aliphatic rings. The quantitative estimate of drug-likeness (QED) is 0.861. The maximum atomic E-state index is 5.30. The number of hydrogen-bond donors (Lipinski definition) is 0. The molecule has 2 aromatic rings. The van der Waals surface area contributed by atoms with Gasteiger partial charge in [0.1, 0.15) is 5.75 Å². The van der Waals surface area contributed by atoms with E-state index >= 15 is 0 Å². The molecule has 1 fully saturated rings. The third kappa shape index (κ3) is 3.06. The van der Waals surface area contributed by atoms with Gasteiger partial charge in [0.15, 0.2) is 0 Å². The number of rotatable bonds is 4. The van der Waals surface area contributed by atoms with E-state index in [2.05, 4.69) is 52.7 Å². The molecule has 0 spiro atoms. The number of nitrogens with zero attached hydrogens (tertiary/aromatic N) is 3. The summed E-state index contributed by atoms with van der Waals surface area (Å²) in [6.07, 6.45) is 2.19. The topological polar surface area (TPSA) is 20.6 Å². The fourth-order valence-corrected chi connectivity index (χ4v) is 3.13. The van der Waals surface area contributed by atoms with E-state index in [1.807, 2.05) is 6.07 Å². The van der Waals surface area contributed by atoms with Crippen molar-refractivity contribution in [1.29, 1.82) is 0 Å². The Morgan fingerprint density at radius 2 is 1.90 bits per heavy atom. The lowest BCUT2D eigenvalue weighted by Gasteiger charge is -2.36. The highest BCUT2D eigenvalue weighted by Gasteiger charge is 2.19. The highest BCUT2D eigenvalue weighted by Crippen LogP contribution is 2.22. The molecule has 1 atom stereocenters. The summed E-state index contributed by atoms with van der Waals surface area (Å²) < 4.78 is 7.65. The molecule has 4 nitrogen and oxygen atoms in total. The second-order valence-electron chi connectivity index (χ2n) is 6.08. The number of benzene rings is 1. The fraction of sp³-hybridized carbons (Fsp3) is 0.529. The Balaban J connectivity index is 1.72. The lowest BCUT2D eigenvalue weighted by molar-refractivity contribution is 0.111. The first-order chi connectivity index (χ1) is 10.2. The van der Waals surface area contributed by atoms with Gasteiger partial charge < -0.3 is 14.2 Å². The summed E-state index contributed by atoms with van der Waals surface area (Å²) in [5, 5.41) is 1.25. The minimum Gasteiger partial charge on any atom is -0.497 e. The third-order valence-corrected chi connectivity index (χ3v) is 4.60. The van der Waals surface area contributed by atoms with Gasteiger partial charge in [-0.1, -0.05) is 0 Å². The van der Waals surface area contributed by atoms with Crippen LogP contribution in [0, 0.1) is 0 Å². The van der Waals surface area contributed by atoms with Gasteiger partial charge in [0.2, 0.25) is 0 Å². The summed E-state index contributed by atoms with van der Waals surface area (Å²) in [6, 6.07) is 9.04. The van der Waals surface area contributed by atoms with Crippen molar-refractivity contribution in [3.8, 4) is 5.75 Å². The molecule has 0 amide bonds. The normalized spacial score (nSPS) is 19.0. The SMILES string of the molecule is COc1ccc2c(ccn2C[C@@H](C)N2CCN(C)CC2)c1. The molecule has 0 aliphatic carbocycles. The summed E-state index contributed by atoms with van der Waals surface area (Å²) >= 11 is 0. The molecule has 0 bridgehead atoms. The summed E-state index contributed by atoms with van der Waals surface area (Å²) in [5.41, 5.74) is 1.29. The minimum absolute atomic E-state index is 0.566. The molecule has 0 saturated carbocycles. The number of piperazine rings is 1. The van der Waals surface area contributed by atoms with E-state index in [-0.39, 0.29) is 0 Å². The zero-order valence-corrected chi connectivity index (χ0v) is 13.2. The molecule has 1 saturated heterocycles. The number of fused-ring (bicyclic) bond motifs is 1. The largest absolute Gasteiger partial charge is 0.497 e. The van der Waals surface area contributed by atoms with E-state index in [1.165, 1.54) is 37.1 Å². The molecular formula is C17H25N3O. The van der Waals surface area contributed by atoms with Crippen molar-refractivity contribution in [2.45, 2.75) is 19.5 Å². The van der Waals surface area contributed by atoms with Gasteiger partial charge in [-0.05, 0) is 38.2 Å². The third-order valence-electron chi connectivity index (χ3n) is 4.60. The van der Waals surface area contributed by atoms with E-state index in [9.17, 15) is 0 Å². The van der Waals surface area contributed by atoms with Gasteiger partial charge in [-0.3, -0.25) is 4.90 Å². The zero-order valence-electron chi connectivity index (χ0n) is 13.2. The smallest absolute Gasteiger partial charge is 0.119 e. The Labute approximate surface area is 126 Å². The van der Waals surface area contributed by atoms with E-state index < -0.39 is 0 Å². The summed E-state index contributed by atoms with van der Waals surface area (Å²) in [6.45, 7) is 8.07. The molecule has 0 unspecified atom stereocenters. The fourth-order valence-electron chi connectivity index (χ4n) is 3.13.